The predicted octanol–water partition coefficient (Wildman–Crippen LogP) is 4.35. The number of likely N-dealkylation sites (tertiary alicyclic amines) is 1. The minimum absolute atomic E-state index is 0.00813. The smallest absolute Gasteiger partial charge is 0.342 e. The van der Waals surface area contributed by atoms with Crippen LogP contribution in [0.25, 0.3) is 11.0 Å². The molecule has 1 aromatic heterocycles. The molecule has 2 amide bonds. The third kappa shape index (κ3) is 4.26. The standard InChI is InChI=1S/C25H25F3N4O2/c26-25(27,28)24-29-20-8-4-5-9-21(20)32(24)15-17-10-12-30(13-11-17)23(34)18-14-22(33)31(16-18)19-6-2-1-3-7-19/h1-9,17-18H,10-16H2. The van der Waals surface area contributed by atoms with Gasteiger partial charge in [0.2, 0.25) is 17.6 Å². The predicted molar refractivity (Wildman–Crippen MR) is 121 cm³/mol. The molecule has 3 aromatic rings. The summed E-state index contributed by atoms with van der Waals surface area (Å²) in [5.41, 5.74) is 1.59. The van der Waals surface area contributed by atoms with Gasteiger partial charge in [-0.15, -0.1) is 0 Å². The summed E-state index contributed by atoms with van der Waals surface area (Å²) in [6, 6.07) is 15.9. The van der Waals surface area contributed by atoms with E-state index in [1.54, 1.807) is 34.1 Å². The van der Waals surface area contributed by atoms with E-state index in [2.05, 4.69) is 4.98 Å². The van der Waals surface area contributed by atoms with Crippen molar-refractivity contribution in [2.75, 3.05) is 24.5 Å². The summed E-state index contributed by atoms with van der Waals surface area (Å²) in [4.78, 5) is 32.8. The summed E-state index contributed by atoms with van der Waals surface area (Å²) in [5.74, 6) is -1.37. The second-order valence-electron chi connectivity index (χ2n) is 9.04. The van der Waals surface area contributed by atoms with Crippen LogP contribution in [0.1, 0.15) is 25.1 Å². The van der Waals surface area contributed by atoms with Gasteiger partial charge in [0.05, 0.1) is 17.0 Å². The van der Waals surface area contributed by atoms with Crippen molar-refractivity contribution in [2.45, 2.75) is 32.0 Å². The van der Waals surface area contributed by atoms with E-state index in [0.29, 0.717) is 43.5 Å². The summed E-state index contributed by atoms with van der Waals surface area (Å²) in [6.07, 6.45) is -3.13. The molecule has 2 aliphatic rings. The van der Waals surface area contributed by atoms with E-state index in [-0.39, 0.29) is 30.7 Å². The molecule has 2 saturated heterocycles. The number of amides is 2. The van der Waals surface area contributed by atoms with Gasteiger partial charge >= 0.3 is 6.18 Å². The Labute approximate surface area is 195 Å². The van der Waals surface area contributed by atoms with Crippen LogP contribution in [0.3, 0.4) is 0 Å². The summed E-state index contributed by atoms with van der Waals surface area (Å²) in [7, 11) is 0. The third-order valence-electron chi connectivity index (χ3n) is 6.82. The van der Waals surface area contributed by atoms with Crippen molar-refractivity contribution in [2.24, 2.45) is 11.8 Å². The molecule has 0 bridgehead atoms. The van der Waals surface area contributed by atoms with E-state index in [0.717, 1.165) is 5.69 Å². The van der Waals surface area contributed by atoms with Crippen LogP contribution >= 0.6 is 0 Å². The van der Waals surface area contributed by atoms with Crippen LogP contribution in [0.2, 0.25) is 0 Å². The van der Waals surface area contributed by atoms with Crippen molar-refractivity contribution in [3.63, 3.8) is 0 Å². The van der Waals surface area contributed by atoms with Gasteiger partial charge in [-0.25, -0.2) is 4.98 Å². The number of fused-ring (bicyclic) bond motifs is 1. The maximum Gasteiger partial charge on any atom is 0.449 e. The molecule has 9 heteroatoms. The average Bonchev–Trinajstić information content (AvgIpc) is 3.41. The SMILES string of the molecule is O=C(C1CC(=O)N(c2ccccc2)C1)N1CCC(Cn2c(C(F)(F)F)nc3ccccc32)CC1. The highest BCUT2D eigenvalue weighted by atomic mass is 19.4. The first kappa shape index (κ1) is 22.4. The second-order valence-corrected chi connectivity index (χ2v) is 9.04. The number of nitrogens with zero attached hydrogens (tertiary/aromatic N) is 4. The number of para-hydroxylation sites is 3. The largest absolute Gasteiger partial charge is 0.449 e. The lowest BCUT2D eigenvalue weighted by molar-refractivity contribution is -0.147. The van der Waals surface area contributed by atoms with Crippen molar-refractivity contribution in [1.29, 1.82) is 0 Å². The number of carbonyl (C=O) groups is 2. The number of hydrogen-bond donors (Lipinski definition) is 0. The van der Waals surface area contributed by atoms with E-state index in [1.165, 1.54) is 4.57 Å². The van der Waals surface area contributed by atoms with E-state index in [4.69, 9.17) is 0 Å². The summed E-state index contributed by atoms with van der Waals surface area (Å²) in [6.45, 7) is 1.53. The minimum Gasteiger partial charge on any atom is -0.342 e. The number of halogens is 3. The van der Waals surface area contributed by atoms with E-state index < -0.39 is 17.9 Å². The van der Waals surface area contributed by atoms with Crippen LogP contribution in [0.5, 0.6) is 0 Å². The molecule has 3 heterocycles. The number of aromatic nitrogens is 2. The minimum atomic E-state index is -4.53. The summed E-state index contributed by atoms with van der Waals surface area (Å²) >= 11 is 0. The fourth-order valence-electron chi connectivity index (χ4n) is 5.06. The number of anilines is 1. The van der Waals surface area contributed by atoms with Crippen molar-refractivity contribution in [3.05, 3.63) is 60.4 Å². The number of benzene rings is 2. The molecule has 0 radical (unpaired) electrons. The number of rotatable bonds is 4. The highest BCUT2D eigenvalue weighted by Gasteiger charge is 2.40. The van der Waals surface area contributed by atoms with Gasteiger partial charge in [-0.3, -0.25) is 9.59 Å². The zero-order valence-corrected chi connectivity index (χ0v) is 18.5. The third-order valence-corrected chi connectivity index (χ3v) is 6.82. The van der Waals surface area contributed by atoms with Crippen molar-refractivity contribution < 1.29 is 22.8 Å². The van der Waals surface area contributed by atoms with E-state index >= 15 is 0 Å². The molecule has 6 nitrogen and oxygen atoms in total. The van der Waals surface area contributed by atoms with Crippen LogP contribution in [-0.4, -0.2) is 45.9 Å². The summed E-state index contributed by atoms with van der Waals surface area (Å²) < 4.78 is 42.1. The molecule has 0 aliphatic carbocycles. The molecule has 0 spiro atoms. The Morgan fingerprint density at radius 3 is 2.38 bits per heavy atom. The molecule has 34 heavy (non-hydrogen) atoms. The Morgan fingerprint density at radius 1 is 1.00 bits per heavy atom. The first-order valence-electron chi connectivity index (χ1n) is 11.5. The van der Waals surface area contributed by atoms with E-state index in [1.807, 2.05) is 30.3 Å². The number of piperidine rings is 1. The van der Waals surface area contributed by atoms with Crippen LogP contribution in [0.15, 0.2) is 54.6 Å². The Morgan fingerprint density at radius 2 is 1.68 bits per heavy atom. The molecule has 0 N–H and O–H groups in total. The molecule has 1 atom stereocenters. The molecule has 5 rings (SSSR count). The fourth-order valence-corrected chi connectivity index (χ4v) is 5.06. The lowest BCUT2D eigenvalue weighted by atomic mass is 9.95. The van der Waals surface area contributed by atoms with Gasteiger partial charge in [-0.2, -0.15) is 13.2 Å². The molecule has 0 saturated carbocycles. The monoisotopic (exact) mass is 470 g/mol. The van der Waals surface area contributed by atoms with Gasteiger partial charge in [0.1, 0.15) is 0 Å². The molecule has 1 unspecified atom stereocenters. The molecular weight excluding hydrogens is 445 g/mol. The molecule has 178 valence electrons. The topological polar surface area (TPSA) is 58.4 Å². The number of hydrogen-bond acceptors (Lipinski definition) is 3. The fraction of sp³-hybridized carbons (Fsp3) is 0.400. The van der Waals surface area contributed by atoms with Crippen LogP contribution < -0.4 is 4.90 Å². The van der Waals surface area contributed by atoms with E-state index in [9.17, 15) is 22.8 Å². The Bertz CT molecular complexity index is 1200. The average molecular weight is 470 g/mol. The molecule has 2 aromatic carbocycles. The zero-order valence-electron chi connectivity index (χ0n) is 18.5. The van der Waals surface area contributed by atoms with Gasteiger partial charge in [0.15, 0.2) is 0 Å². The van der Waals surface area contributed by atoms with Gasteiger partial charge in [0, 0.05) is 38.3 Å². The Balaban J connectivity index is 1.23. The normalized spacial score (nSPS) is 19.9. The highest BCUT2D eigenvalue weighted by molar-refractivity contribution is 6.00. The Hall–Kier alpha value is -3.36. The van der Waals surface area contributed by atoms with Gasteiger partial charge < -0.3 is 14.4 Å². The molecular formula is C25H25F3N4O2. The molecule has 2 aliphatic heterocycles. The number of alkyl halides is 3. The lowest BCUT2D eigenvalue weighted by Gasteiger charge is -2.34. The van der Waals surface area contributed by atoms with Gasteiger partial charge in [-0.05, 0) is 43.0 Å². The number of carbonyl (C=O) groups excluding carboxylic acids is 2. The summed E-state index contributed by atoms with van der Waals surface area (Å²) in [5, 5.41) is 0. The first-order valence-corrected chi connectivity index (χ1v) is 11.5. The van der Waals surface area contributed by atoms with Gasteiger partial charge in [0.25, 0.3) is 0 Å². The van der Waals surface area contributed by atoms with Crippen molar-refractivity contribution >= 4 is 28.5 Å². The number of imidazole rings is 1. The maximum absolute atomic E-state index is 13.6. The van der Waals surface area contributed by atoms with Crippen molar-refractivity contribution in [3.8, 4) is 0 Å². The van der Waals surface area contributed by atoms with Gasteiger partial charge in [-0.1, -0.05) is 30.3 Å². The molecule has 2 fully saturated rings. The Kier molecular flexibility index (Phi) is 5.79. The van der Waals surface area contributed by atoms with Crippen molar-refractivity contribution in [1.82, 2.24) is 14.5 Å². The quantitative estimate of drug-likeness (QED) is 0.570. The first-order chi connectivity index (χ1) is 16.3. The zero-order chi connectivity index (χ0) is 23.9. The highest BCUT2D eigenvalue weighted by Crippen LogP contribution is 2.34. The van der Waals surface area contributed by atoms with Crippen LogP contribution in [-0.2, 0) is 22.3 Å². The second kappa shape index (κ2) is 8.77. The lowest BCUT2D eigenvalue weighted by Crippen LogP contribution is -2.43. The van der Waals surface area contributed by atoms with Crippen LogP contribution in [0, 0.1) is 11.8 Å². The maximum atomic E-state index is 13.6. The van der Waals surface area contributed by atoms with Crippen LogP contribution in [0.4, 0.5) is 18.9 Å².